The standard InChI is InChI=1S/C24H31N3O7S/c1-27(2)17-13-6-9-5-12-10(7-25)4-11(8-35-3)18(28)15(12)19(29)14(9)21(31)24(13,34)22(32)16(20(17)30)23(26)33/h4,9,13,16-17,20,28-30,34H,5-8,25H2,1-3H3,(H2,26,33). The van der Waals surface area contributed by atoms with Crippen LogP contribution in [0.4, 0.5) is 0 Å². The Morgan fingerprint density at radius 3 is 2.46 bits per heavy atom. The topological polar surface area (TPSA) is 187 Å². The Kier molecular flexibility index (Phi) is 6.52. The van der Waals surface area contributed by atoms with E-state index in [9.17, 15) is 34.8 Å². The molecule has 0 aliphatic heterocycles. The first-order valence-electron chi connectivity index (χ1n) is 11.4. The molecular weight excluding hydrogens is 474 g/mol. The van der Waals surface area contributed by atoms with Crippen LogP contribution in [0.25, 0.3) is 5.76 Å². The number of carbonyl (C=O) groups is 3. The molecule has 10 nitrogen and oxygen atoms in total. The van der Waals surface area contributed by atoms with Crippen molar-refractivity contribution < 1.29 is 34.8 Å². The summed E-state index contributed by atoms with van der Waals surface area (Å²) >= 11 is 1.46. The summed E-state index contributed by atoms with van der Waals surface area (Å²) in [6.07, 6.45) is 0.668. The van der Waals surface area contributed by atoms with Crippen LogP contribution in [-0.4, -0.2) is 80.9 Å². The number of Topliss-reactive ketones (excluding diaryl/α,β-unsaturated/α-hetero) is 2. The van der Waals surface area contributed by atoms with Crippen LogP contribution in [0.5, 0.6) is 5.75 Å². The number of phenols is 1. The maximum Gasteiger partial charge on any atom is 0.230 e. The number of aromatic hydroxyl groups is 1. The van der Waals surface area contributed by atoms with Gasteiger partial charge in [0.05, 0.1) is 11.7 Å². The number of phenolic OH excluding ortho intramolecular Hbond substituents is 1. The summed E-state index contributed by atoms with van der Waals surface area (Å²) in [5.41, 5.74) is 10.5. The highest BCUT2D eigenvalue weighted by molar-refractivity contribution is 7.97. The summed E-state index contributed by atoms with van der Waals surface area (Å²) in [7, 11) is 3.23. The average molecular weight is 506 g/mol. The Bertz CT molecular complexity index is 1150. The molecular formula is C24H31N3O7S. The van der Waals surface area contributed by atoms with Crippen LogP contribution in [0, 0.1) is 17.8 Å². The molecule has 0 heterocycles. The van der Waals surface area contributed by atoms with Crippen molar-refractivity contribution >= 4 is 35.0 Å². The molecule has 1 amide bonds. The minimum Gasteiger partial charge on any atom is -0.507 e. The number of fused-ring (bicyclic) bond motifs is 3. The highest BCUT2D eigenvalue weighted by Gasteiger charge is 2.67. The molecule has 6 atom stereocenters. The molecule has 2 fully saturated rings. The number of benzene rings is 1. The molecule has 1 aromatic carbocycles. The van der Waals surface area contributed by atoms with Gasteiger partial charge in [-0.2, -0.15) is 11.8 Å². The van der Waals surface area contributed by atoms with Crippen molar-refractivity contribution in [1.29, 1.82) is 0 Å². The highest BCUT2D eigenvalue weighted by atomic mass is 32.2. The Labute approximate surface area is 207 Å². The molecule has 1 aromatic rings. The summed E-state index contributed by atoms with van der Waals surface area (Å²) in [5.74, 6) is -7.00. The zero-order chi connectivity index (χ0) is 26.0. The van der Waals surface area contributed by atoms with Crippen LogP contribution in [0.15, 0.2) is 11.6 Å². The number of rotatable bonds is 5. The molecule has 8 N–H and O–H groups in total. The van der Waals surface area contributed by atoms with Crippen LogP contribution in [0.1, 0.15) is 28.7 Å². The van der Waals surface area contributed by atoms with E-state index >= 15 is 0 Å². The largest absolute Gasteiger partial charge is 0.507 e. The number of aliphatic hydroxyl groups excluding tert-OH is 2. The van der Waals surface area contributed by atoms with Gasteiger partial charge in [0, 0.05) is 35.4 Å². The number of likely N-dealkylation sites (N-methyl/N-ethyl adjacent to an activating group) is 1. The predicted octanol–water partition coefficient (Wildman–Crippen LogP) is -0.549. The second-order valence-electron chi connectivity index (χ2n) is 9.82. The number of aliphatic hydroxyl groups is 3. The fourth-order valence-electron chi connectivity index (χ4n) is 6.26. The molecule has 0 bridgehead atoms. The van der Waals surface area contributed by atoms with E-state index in [4.69, 9.17) is 11.5 Å². The Morgan fingerprint density at radius 1 is 1.26 bits per heavy atom. The summed E-state index contributed by atoms with van der Waals surface area (Å²) in [6.45, 7) is 0.151. The van der Waals surface area contributed by atoms with Crippen molar-refractivity contribution in [2.45, 2.75) is 42.9 Å². The zero-order valence-electron chi connectivity index (χ0n) is 19.8. The summed E-state index contributed by atoms with van der Waals surface area (Å²) < 4.78 is 0. The van der Waals surface area contributed by atoms with Gasteiger partial charge in [0.15, 0.2) is 11.4 Å². The predicted molar refractivity (Wildman–Crippen MR) is 129 cm³/mol. The number of amides is 1. The van der Waals surface area contributed by atoms with Gasteiger partial charge in [-0.15, -0.1) is 0 Å². The van der Waals surface area contributed by atoms with E-state index < -0.39 is 58.7 Å². The van der Waals surface area contributed by atoms with E-state index in [2.05, 4.69) is 0 Å². The maximum atomic E-state index is 13.8. The normalized spacial score (nSPS) is 32.4. The van der Waals surface area contributed by atoms with Crippen molar-refractivity contribution in [2.75, 3.05) is 20.4 Å². The van der Waals surface area contributed by atoms with Crippen molar-refractivity contribution in [3.8, 4) is 5.75 Å². The molecule has 2 saturated carbocycles. The fourth-order valence-corrected chi connectivity index (χ4v) is 6.79. The number of thioether (sulfide) groups is 1. The third kappa shape index (κ3) is 3.52. The van der Waals surface area contributed by atoms with E-state index in [1.807, 2.05) is 6.26 Å². The van der Waals surface area contributed by atoms with Gasteiger partial charge < -0.3 is 36.8 Å². The molecule has 35 heavy (non-hydrogen) atoms. The van der Waals surface area contributed by atoms with Crippen LogP contribution >= 0.6 is 11.8 Å². The molecule has 0 spiro atoms. The minimum absolute atomic E-state index is 0.0789. The molecule has 11 heteroatoms. The van der Waals surface area contributed by atoms with E-state index in [1.54, 1.807) is 25.1 Å². The van der Waals surface area contributed by atoms with Crippen LogP contribution in [-0.2, 0) is 33.1 Å². The van der Waals surface area contributed by atoms with Gasteiger partial charge in [-0.3, -0.25) is 14.4 Å². The lowest BCUT2D eigenvalue weighted by atomic mass is 9.54. The first-order chi connectivity index (χ1) is 16.4. The van der Waals surface area contributed by atoms with Crippen LogP contribution < -0.4 is 11.5 Å². The van der Waals surface area contributed by atoms with Crippen molar-refractivity contribution in [3.63, 3.8) is 0 Å². The van der Waals surface area contributed by atoms with Crippen molar-refractivity contribution in [3.05, 3.63) is 33.9 Å². The minimum atomic E-state index is -2.66. The Morgan fingerprint density at radius 2 is 1.91 bits per heavy atom. The number of hydrogen-bond donors (Lipinski definition) is 6. The van der Waals surface area contributed by atoms with Gasteiger partial charge in [-0.1, -0.05) is 0 Å². The second-order valence-corrected chi connectivity index (χ2v) is 10.7. The van der Waals surface area contributed by atoms with Crippen molar-refractivity contribution in [1.82, 2.24) is 4.90 Å². The quantitative estimate of drug-likeness (QED) is 0.283. The zero-order valence-corrected chi connectivity index (χ0v) is 20.6. The van der Waals surface area contributed by atoms with Gasteiger partial charge >= 0.3 is 0 Å². The summed E-state index contributed by atoms with van der Waals surface area (Å²) in [4.78, 5) is 40.8. The maximum absolute atomic E-state index is 13.8. The molecule has 4 rings (SSSR count). The lowest BCUT2D eigenvalue weighted by molar-refractivity contribution is -0.184. The average Bonchev–Trinajstić information content (AvgIpc) is 2.77. The summed E-state index contributed by atoms with van der Waals surface area (Å²) in [6, 6.07) is 0.869. The van der Waals surface area contributed by atoms with E-state index in [0.29, 0.717) is 16.9 Å². The summed E-state index contributed by atoms with van der Waals surface area (Å²) in [5, 5.41) is 44.8. The molecule has 0 saturated heterocycles. The SMILES string of the molecule is CSCc1cc(CN)c2c(c1O)C(O)=C1C(=O)C3(O)C(=O)C(C(N)=O)C(O)C(N(C)C)C3CC1C2. The van der Waals surface area contributed by atoms with Gasteiger partial charge in [-0.25, -0.2) is 0 Å². The third-order valence-corrected chi connectivity index (χ3v) is 8.38. The number of primary amides is 1. The third-order valence-electron chi connectivity index (χ3n) is 7.78. The number of nitrogens with two attached hydrogens (primary N) is 2. The van der Waals surface area contributed by atoms with Gasteiger partial charge in [0.2, 0.25) is 11.7 Å². The monoisotopic (exact) mass is 505 g/mol. The number of ketones is 2. The molecule has 0 radical (unpaired) electrons. The van der Waals surface area contributed by atoms with Crippen LogP contribution in [0.3, 0.4) is 0 Å². The Balaban J connectivity index is 1.94. The van der Waals surface area contributed by atoms with Gasteiger partial charge in [0.1, 0.15) is 17.4 Å². The highest BCUT2D eigenvalue weighted by Crippen LogP contribution is 2.53. The molecule has 3 aliphatic rings. The molecule has 6 unspecified atom stereocenters. The van der Waals surface area contributed by atoms with Crippen LogP contribution in [0.2, 0.25) is 0 Å². The smallest absolute Gasteiger partial charge is 0.230 e. The first-order valence-corrected chi connectivity index (χ1v) is 12.7. The Hall–Kier alpha value is -2.44. The fraction of sp³-hybridized carbons (Fsp3) is 0.542. The van der Waals surface area contributed by atoms with Crippen molar-refractivity contribution in [2.24, 2.45) is 29.2 Å². The molecule has 190 valence electrons. The van der Waals surface area contributed by atoms with E-state index in [0.717, 1.165) is 5.56 Å². The lowest BCUT2D eigenvalue weighted by Gasteiger charge is -2.53. The van der Waals surface area contributed by atoms with E-state index in [1.165, 1.54) is 11.8 Å². The van der Waals surface area contributed by atoms with Gasteiger partial charge in [0.25, 0.3) is 0 Å². The first kappa shape index (κ1) is 25.6. The number of hydrogen-bond acceptors (Lipinski definition) is 10. The lowest BCUT2D eigenvalue weighted by Crippen LogP contribution is -2.73. The van der Waals surface area contributed by atoms with Gasteiger partial charge in [-0.05, 0) is 56.3 Å². The second kappa shape index (κ2) is 8.90. The van der Waals surface area contributed by atoms with E-state index in [-0.39, 0.29) is 36.3 Å². The molecule has 0 aromatic heterocycles. The number of nitrogens with zero attached hydrogens (tertiary/aromatic N) is 1. The number of carbonyl (C=O) groups excluding carboxylic acids is 3. The molecule has 3 aliphatic carbocycles.